The highest BCUT2D eigenvalue weighted by Crippen LogP contribution is 2.33. The van der Waals surface area contributed by atoms with Crippen LogP contribution in [0.3, 0.4) is 0 Å². The van der Waals surface area contributed by atoms with Crippen LogP contribution in [-0.4, -0.2) is 38.4 Å². The molecule has 4 rings (SSSR count). The van der Waals surface area contributed by atoms with Crippen LogP contribution in [0.5, 0.6) is 0 Å². The lowest BCUT2D eigenvalue weighted by molar-refractivity contribution is 0.137. The lowest BCUT2D eigenvalue weighted by Gasteiger charge is -2.33. The summed E-state index contributed by atoms with van der Waals surface area (Å²) >= 11 is 0. The molecule has 0 fully saturated rings. The van der Waals surface area contributed by atoms with Crippen molar-refractivity contribution < 1.29 is 4.74 Å². The molecule has 8 nitrogen and oxygen atoms in total. The molecule has 8 heteroatoms. The van der Waals surface area contributed by atoms with Gasteiger partial charge >= 0.3 is 5.69 Å². The van der Waals surface area contributed by atoms with E-state index in [1.54, 1.807) is 7.05 Å². The van der Waals surface area contributed by atoms with E-state index in [0.29, 0.717) is 42.8 Å². The number of rotatable bonds is 5. The zero-order chi connectivity index (χ0) is 21.6. The molecule has 0 unspecified atom stereocenters. The fourth-order valence-electron chi connectivity index (χ4n) is 4.11. The molecular weight excluding hydrogens is 382 g/mol. The van der Waals surface area contributed by atoms with Crippen molar-refractivity contribution >= 4 is 22.8 Å². The molecule has 30 heavy (non-hydrogen) atoms. The Bertz CT molecular complexity index is 1220. The summed E-state index contributed by atoms with van der Waals surface area (Å²) < 4.78 is 10.1. The van der Waals surface area contributed by atoms with E-state index in [2.05, 4.69) is 43.9 Å². The van der Waals surface area contributed by atoms with Gasteiger partial charge in [-0.2, -0.15) is 4.98 Å². The van der Waals surface area contributed by atoms with E-state index in [1.807, 2.05) is 11.5 Å². The molecule has 3 heterocycles. The number of benzene rings is 1. The lowest BCUT2D eigenvalue weighted by Crippen LogP contribution is -2.41. The molecule has 2 aromatic heterocycles. The Kier molecular flexibility index (Phi) is 5.27. The van der Waals surface area contributed by atoms with E-state index >= 15 is 0 Å². The number of imidazole rings is 1. The van der Waals surface area contributed by atoms with Crippen LogP contribution in [0.15, 0.2) is 27.8 Å². The van der Waals surface area contributed by atoms with Crippen LogP contribution in [0.25, 0.3) is 11.2 Å². The van der Waals surface area contributed by atoms with Gasteiger partial charge in [-0.25, -0.2) is 4.79 Å². The number of ether oxygens (including phenoxy) is 1. The van der Waals surface area contributed by atoms with E-state index < -0.39 is 0 Å². The van der Waals surface area contributed by atoms with Crippen LogP contribution in [0.4, 0.5) is 11.6 Å². The second kappa shape index (κ2) is 7.75. The first-order valence-electron chi connectivity index (χ1n) is 10.5. The number of nitrogens with zero attached hydrogens (tertiary/aromatic N) is 5. The van der Waals surface area contributed by atoms with Crippen molar-refractivity contribution in [3.63, 3.8) is 0 Å². The van der Waals surface area contributed by atoms with Gasteiger partial charge < -0.3 is 14.2 Å². The first-order chi connectivity index (χ1) is 14.3. The minimum atomic E-state index is -0.367. The van der Waals surface area contributed by atoms with E-state index in [1.165, 1.54) is 20.3 Å². The topological polar surface area (TPSA) is 74.3 Å². The quantitative estimate of drug-likeness (QED) is 0.603. The predicted octanol–water partition coefficient (Wildman–Crippen LogP) is 2.34. The van der Waals surface area contributed by atoms with Gasteiger partial charge in [-0.1, -0.05) is 13.0 Å². The molecule has 1 aliphatic rings. The van der Waals surface area contributed by atoms with Crippen molar-refractivity contribution in [2.45, 2.75) is 40.8 Å². The van der Waals surface area contributed by atoms with Gasteiger partial charge in [0.15, 0.2) is 11.2 Å². The minimum absolute atomic E-state index is 0.228. The van der Waals surface area contributed by atoms with Crippen molar-refractivity contribution in [2.24, 2.45) is 13.0 Å². The number of aromatic nitrogens is 4. The monoisotopic (exact) mass is 411 g/mol. The maximum atomic E-state index is 13.3. The summed E-state index contributed by atoms with van der Waals surface area (Å²) in [5.41, 5.74) is 3.72. The van der Waals surface area contributed by atoms with Crippen molar-refractivity contribution in [2.75, 3.05) is 24.7 Å². The number of hydrogen-bond donors (Lipinski definition) is 0. The zero-order valence-electron chi connectivity index (χ0n) is 18.3. The highest BCUT2D eigenvalue weighted by atomic mass is 16.5. The highest BCUT2D eigenvalue weighted by Gasteiger charge is 2.29. The zero-order valence-corrected chi connectivity index (χ0v) is 18.3. The molecule has 0 amide bonds. The Morgan fingerprint density at radius 3 is 2.63 bits per heavy atom. The number of fused-ring (bicyclic) bond motifs is 3. The van der Waals surface area contributed by atoms with Crippen LogP contribution in [0.2, 0.25) is 0 Å². The van der Waals surface area contributed by atoms with E-state index in [9.17, 15) is 9.59 Å². The Morgan fingerprint density at radius 2 is 1.93 bits per heavy atom. The molecule has 0 saturated carbocycles. The van der Waals surface area contributed by atoms with Crippen LogP contribution < -0.4 is 16.1 Å². The second-order valence-electron chi connectivity index (χ2n) is 8.17. The van der Waals surface area contributed by atoms with Crippen LogP contribution in [0, 0.1) is 19.8 Å². The molecule has 1 aliphatic heterocycles. The Balaban J connectivity index is 1.92. The average molecular weight is 412 g/mol. The van der Waals surface area contributed by atoms with Crippen molar-refractivity contribution in [1.82, 2.24) is 18.7 Å². The molecule has 160 valence electrons. The normalized spacial score (nSPS) is 16.3. The molecule has 3 aromatic rings. The van der Waals surface area contributed by atoms with Crippen LogP contribution in [-0.2, 0) is 24.9 Å². The van der Waals surface area contributed by atoms with Crippen molar-refractivity contribution in [3.8, 4) is 0 Å². The summed E-state index contributed by atoms with van der Waals surface area (Å²) in [4.78, 5) is 33.0. The second-order valence-corrected chi connectivity index (χ2v) is 8.17. The summed E-state index contributed by atoms with van der Waals surface area (Å²) in [6.07, 6.45) is 0. The predicted molar refractivity (Wildman–Crippen MR) is 118 cm³/mol. The molecule has 0 saturated heterocycles. The molecule has 1 aromatic carbocycles. The van der Waals surface area contributed by atoms with Gasteiger partial charge in [-0.3, -0.25) is 13.9 Å². The third-order valence-corrected chi connectivity index (χ3v) is 5.91. The Morgan fingerprint density at radius 1 is 1.17 bits per heavy atom. The van der Waals surface area contributed by atoms with E-state index in [-0.39, 0.29) is 17.8 Å². The Hall–Kier alpha value is -2.87. The summed E-state index contributed by atoms with van der Waals surface area (Å²) in [5.74, 6) is 1.03. The largest absolute Gasteiger partial charge is 0.380 e. The summed E-state index contributed by atoms with van der Waals surface area (Å²) in [7, 11) is 1.67. The van der Waals surface area contributed by atoms with E-state index in [4.69, 9.17) is 9.72 Å². The first kappa shape index (κ1) is 20.4. The van der Waals surface area contributed by atoms with Gasteiger partial charge in [0.05, 0.1) is 13.2 Å². The van der Waals surface area contributed by atoms with Gasteiger partial charge in [-0.05, 0) is 49.9 Å². The third kappa shape index (κ3) is 3.25. The molecular formula is C22H29N5O3. The van der Waals surface area contributed by atoms with Crippen LogP contribution >= 0.6 is 0 Å². The third-order valence-electron chi connectivity index (χ3n) is 5.91. The van der Waals surface area contributed by atoms with Gasteiger partial charge in [-0.15, -0.1) is 0 Å². The molecule has 1 atom stereocenters. The van der Waals surface area contributed by atoms with Gasteiger partial charge in [0.25, 0.3) is 5.56 Å². The fourth-order valence-corrected chi connectivity index (χ4v) is 4.11. The minimum Gasteiger partial charge on any atom is -0.380 e. The highest BCUT2D eigenvalue weighted by molar-refractivity contribution is 5.77. The van der Waals surface area contributed by atoms with Gasteiger partial charge in [0.2, 0.25) is 5.95 Å². The summed E-state index contributed by atoms with van der Waals surface area (Å²) in [6, 6.07) is 6.34. The van der Waals surface area contributed by atoms with Gasteiger partial charge in [0.1, 0.15) is 0 Å². The smallest absolute Gasteiger partial charge is 0.332 e. The lowest BCUT2D eigenvalue weighted by atomic mass is 10.1. The van der Waals surface area contributed by atoms with Gasteiger partial charge in [0, 0.05) is 32.4 Å². The summed E-state index contributed by atoms with van der Waals surface area (Å²) in [6.45, 7) is 10.8. The SMILES string of the molecule is CCOCCn1c(=O)c2c(nc3n2C[C@@H](C)CN3c2ccc(C)c(C)c2)n(C)c1=O. The van der Waals surface area contributed by atoms with Crippen LogP contribution in [0.1, 0.15) is 25.0 Å². The first-order valence-corrected chi connectivity index (χ1v) is 10.5. The maximum Gasteiger partial charge on any atom is 0.332 e. The van der Waals surface area contributed by atoms with E-state index in [0.717, 1.165) is 12.2 Å². The van der Waals surface area contributed by atoms with Crippen molar-refractivity contribution in [3.05, 3.63) is 50.2 Å². The number of anilines is 2. The molecule has 0 radical (unpaired) electrons. The average Bonchev–Trinajstić information content (AvgIpc) is 3.10. The number of aryl methyl sites for hydroxylation is 3. The molecule has 0 aliphatic carbocycles. The fraction of sp³-hybridized carbons (Fsp3) is 0.500. The van der Waals surface area contributed by atoms with Crippen molar-refractivity contribution in [1.29, 1.82) is 0 Å². The Labute approximate surface area is 175 Å². The molecule has 0 spiro atoms. The molecule has 0 bridgehead atoms. The summed E-state index contributed by atoms with van der Waals surface area (Å²) in [5, 5.41) is 0. The molecule has 0 N–H and O–H groups in total. The number of hydrogen-bond acceptors (Lipinski definition) is 5. The standard InChI is InChI=1S/C22H29N5O3/c1-6-30-10-9-25-20(28)18-19(24(5)22(25)29)23-21-26(12-14(2)13-27(18)21)17-8-7-15(3)16(4)11-17/h7-8,11,14H,6,9-10,12-13H2,1-5H3/t14-/m0/s1. The maximum absolute atomic E-state index is 13.3.